The number of benzene rings is 1. The number of nitrogens with zero attached hydrogens (tertiary/aromatic N) is 4. The standard InChI is InChI=1S/C28H41F3N4O4/c1-8-15(3)23-18(6)19(7)24(38-25-22(34-35-32)17(5)16(4)21(9-2)36-25)26(37-23)39-27(28(29,30)31)33-20-13-11-10-12-14-20/h10-19,21-26H,8-9H2,1-7H3/b33-27+/t15-,16-,17?,18-,19-,21?,22?,23?,24+,25+,26?/m0/s1. The van der Waals surface area contributed by atoms with Gasteiger partial charge in [0, 0.05) is 4.91 Å². The molecule has 1 aromatic carbocycles. The summed E-state index contributed by atoms with van der Waals surface area (Å²) < 4.78 is 67.0. The molecule has 2 fully saturated rings. The second-order valence-corrected chi connectivity index (χ2v) is 10.9. The van der Waals surface area contributed by atoms with E-state index in [0.717, 1.165) is 6.42 Å². The molecule has 0 radical (unpaired) electrons. The fourth-order valence-corrected chi connectivity index (χ4v) is 5.49. The molecule has 1 aromatic rings. The minimum Gasteiger partial charge on any atom is -0.441 e. The maximum atomic E-state index is 14.2. The number of hydrogen-bond donors (Lipinski definition) is 0. The Hall–Kier alpha value is -2.33. The van der Waals surface area contributed by atoms with Crippen molar-refractivity contribution in [2.75, 3.05) is 0 Å². The van der Waals surface area contributed by atoms with E-state index >= 15 is 0 Å². The van der Waals surface area contributed by atoms with Gasteiger partial charge in [0.25, 0.3) is 5.90 Å². The average molecular weight is 555 g/mol. The van der Waals surface area contributed by atoms with Gasteiger partial charge in [-0.25, -0.2) is 4.99 Å². The summed E-state index contributed by atoms with van der Waals surface area (Å²) in [4.78, 5) is 6.77. The molecule has 11 atom stereocenters. The Kier molecular flexibility index (Phi) is 10.7. The average Bonchev–Trinajstić information content (AvgIpc) is 2.91. The molecular weight excluding hydrogens is 513 g/mol. The van der Waals surface area contributed by atoms with Crippen LogP contribution in [0, 0.1) is 29.6 Å². The monoisotopic (exact) mass is 554 g/mol. The fraction of sp³-hybridized carbons (Fsp3) is 0.750. The SMILES string of the molecule is CCC1O[C@H](O[C@H]2C(O/C(=N/c3ccccc3)C(F)(F)F)OC([C@@H](C)CC)[C@@H](C)[C@@H]2C)C(N=[N+]=[N-])C(C)[C@@H]1C. The quantitative estimate of drug-likeness (QED) is 0.108. The molecule has 0 amide bonds. The lowest BCUT2D eigenvalue weighted by molar-refractivity contribution is -0.323. The summed E-state index contributed by atoms with van der Waals surface area (Å²) in [6, 6.07) is 7.15. The molecule has 218 valence electrons. The molecule has 2 saturated heterocycles. The number of hydrogen-bond acceptors (Lipinski definition) is 6. The number of azide groups is 1. The molecule has 0 spiro atoms. The number of para-hydroxylation sites is 1. The van der Waals surface area contributed by atoms with Crippen LogP contribution in [-0.4, -0.2) is 49.0 Å². The predicted octanol–water partition coefficient (Wildman–Crippen LogP) is 7.81. The summed E-state index contributed by atoms with van der Waals surface area (Å²) in [7, 11) is 0. The normalized spacial score (nSPS) is 36.6. The van der Waals surface area contributed by atoms with Crippen molar-refractivity contribution in [1.29, 1.82) is 0 Å². The van der Waals surface area contributed by atoms with E-state index in [0.29, 0.717) is 6.42 Å². The highest BCUT2D eigenvalue weighted by atomic mass is 19.4. The Balaban J connectivity index is 2.00. The lowest BCUT2D eigenvalue weighted by atomic mass is 9.78. The number of alkyl halides is 3. The van der Waals surface area contributed by atoms with Crippen molar-refractivity contribution in [1.82, 2.24) is 0 Å². The molecule has 8 nitrogen and oxygen atoms in total. The van der Waals surface area contributed by atoms with Gasteiger partial charge in [0.05, 0.1) is 23.9 Å². The van der Waals surface area contributed by atoms with Crippen LogP contribution in [0.4, 0.5) is 18.9 Å². The van der Waals surface area contributed by atoms with Crippen LogP contribution in [0.15, 0.2) is 40.4 Å². The molecule has 11 heteroatoms. The molecule has 0 bridgehead atoms. The first-order valence-corrected chi connectivity index (χ1v) is 13.8. The highest BCUT2D eigenvalue weighted by molar-refractivity contribution is 5.84. The van der Waals surface area contributed by atoms with Gasteiger partial charge in [-0.3, -0.25) is 0 Å². The predicted molar refractivity (Wildman–Crippen MR) is 142 cm³/mol. The maximum Gasteiger partial charge on any atom is 0.468 e. The lowest BCUT2D eigenvalue weighted by Crippen LogP contribution is -2.58. The van der Waals surface area contributed by atoms with Crippen LogP contribution in [0.2, 0.25) is 0 Å². The van der Waals surface area contributed by atoms with Crippen LogP contribution < -0.4 is 0 Å². The fourth-order valence-electron chi connectivity index (χ4n) is 5.49. The van der Waals surface area contributed by atoms with Gasteiger partial charge in [-0.2, -0.15) is 13.2 Å². The largest absolute Gasteiger partial charge is 0.468 e. The molecule has 2 heterocycles. The third kappa shape index (κ3) is 7.25. The first-order chi connectivity index (χ1) is 18.4. The van der Waals surface area contributed by atoms with E-state index in [1.165, 1.54) is 12.1 Å². The molecule has 0 saturated carbocycles. The molecule has 2 aliphatic heterocycles. The Bertz CT molecular complexity index is 1000. The van der Waals surface area contributed by atoms with Crippen molar-refractivity contribution in [3.63, 3.8) is 0 Å². The smallest absolute Gasteiger partial charge is 0.441 e. The van der Waals surface area contributed by atoms with Crippen LogP contribution in [0.3, 0.4) is 0 Å². The number of aliphatic imine (C=N–C) groups is 1. The Morgan fingerprint density at radius 3 is 2.23 bits per heavy atom. The van der Waals surface area contributed by atoms with Crippen LogP contribution in [-0.2, 0) is 18.9 Å². The first-order valence-electron chi connectivity index (χ1n) is 13.8. The van der Waals surface area contributed by atoms with E-state index in [9.17, 15) is 18.7 Å². The second kappa shape index (κ2) is 13.4. The zero-order chi connectivity index (χ0) is 28.9. The van der Waals surface area contributed by atoms with E-state index in [1.54, 1.807) is 18.2 Å². The third-order valence-corrected chi connectivity index (χ3v) is 8.51. The molecule has 5 unspecified atom stereocenters. The lowest BCUT2D eigenvalue weighted by Gasteiger charge is -2.49. The van der Waals surface area contributed by atoms with Gasteiger partial charge in [-0.15, -0.1) is 0 Å². The van der Waals surface area contributed by atoms with E-state index < -0.39 is 36.8 Å². The summed E-state index contributed by atoms with van der Waals surface area (Å²) in [5.41, 5.74) is 9.35. The van der Waals surface area contributed by atoms with Crippen LogP contribution in [0.1, 0.15) is 61.3 Å². The summed E-state index contributed by atoms with van der Waals surface area (Å²) in [6.07, 6.45) is -7.22. The molecule has 39 heavy (non-hydrogen) atoms. The van der Waals surface area contributed by atoms with Crippen LogP contribution in [0.25, 0.3) is 10.4 Å². The third-order valence-electron chi connectivity index (χ3n) is 8.51. The van der Waals surface area contributed by atoms with Gasteiger partial charge in [-0.1, -0.05) is 78.2 Å². The molecule has 3 rings (SSSR count). The van der Waals surface area contributed by atoms with Crippen molar-refractivity contribution >= 4 is 11.6 Å². The van der Waals surface area contributed by atoms with Crippen molar-refractivity contribution in [3.05, 3.63) is 40.8 Å². The highest BCUT2D eigenvalue weighted by Gasteiger charge is 2.51. The number of rotatable bonds is 8. The summed E-state index contributed by atoms with van der Waals surface area (Å²) in [6.45, 7) is 13.9. The molecule has 0 N–H and O–H groups in total. The first kappa shape index (κ1) is 31.2. The van der Waals surface area contributed by atoms with E-state index in [1.807, 2.05) is 48.5 Å². The van der Waals surface area contributed by atoms with Gasteiger partial charge in [0.2, 0.25) is 6.29 Å². The maximum absolute atomic E-state index is 14.2. The van der Waals surface area contributed by atoms with Gasteiger partial charge >= 0.3 is 6.18 Å². The summed E-state index contributed by atoms with van der Waals surface area (Å²) in [5, 5.41) is 3.96. The topological polar surface area (TPSA) is 98.0 Å². The minimum atomic E-state index is -4.87. The van der Waals surface area contributed by atoms with Gasteiger partial charge in [0.15, 0.2) is 6.29 Å². The Morgan fingerprint density at radius 1 is 1.00 bits per heavy atom. The van der Waals surface area contributed by atoms with Gasteiger partial charge < -0.3 is 18.9 Å². The van der Waals surface area contributed by atoms with E-state index in [2.05, 4.69) is 15.0 Å². The Morgan fingerprint density at radius 2 is 1.67 bits per heavy atom. The van der Waals surface area contributed by atoms with Crippen LogP contribution >= 0.6 is 0 Å². The van der Waals surface area contributed by atoms with E-state index in [4.69, 9.17) is 18.9 Å². The highest BCUT2D eigenvalue weighted by Crippen LogP contribution is 2.41. The minimum absolute atomic E-state index is 0.0509. The zero-order valence-corrected chi connectivity index (χ0v) is 23.7. The van der Waals surface area contributed by atoms with Gasteiger partial charge in [-0.05, 0) is 53.7 Å². The van der Waals surface area contributed by atoms with Gasteiger partial charge in [0.1, 0.15) is 6.10 Å². The molecular formula is C28H41F3N4O4. The Labute approximate surface area is 228 Å². The van der Waals surface area contributed by atoms with E-state index in [-0.39, 0.29) is 47.5 Å². The second-order valence-electron chi connectivity index (χ2n) is 10.9. The number of halogens is 3. The molecule has 0 aliphatic carbocycles. The molecule has 2 aliphatic rings. The van der Waals surface area contributed by atoms with Crippen molar-refractivity contribution < 1.29 is 32.1 Å². The molecule has 0 aromatic heterocycles. The van der Waals surface area contributed by atoms with Crippen molar-refractivity contribution in [2.45, 2.75) is 104 Å². The zero-order valence-electron chi connectivity index (χ0n) is 23.7. The van der Waals surface area contributed by atoms with Crippen molar-refractivity contribution in [2.24, 2.45) is 39.7 Å². The number of ether oxygens (including phenoxy) is 4. The van der Waals surface area contributed by atoms with Crippen LogP contribution in [0.5, 0.6) is 0 Å². The van der Waals surface area contributed by atoms with Crippen molar-refractivity contribution in [3.8, 4) is 0 Å². The summed E-state index contributed by atoms with van der Waals surface area (Å²) in [5.74, 6) is -1.63. The summed E-state index contributed by atoms with van der Waals surface area (Å²) >= 11 is 0.